The van der Waals surface area contributed by atoms with Gasteiger partial charge in [0.2, 0.25) is 5.88 Å². The summed E-state index contributed by atoms with van der Waals surface area (Å²) >= 11 is 0. The molecule has 0 aromatic carbocycles. The molecule has 1 fully saturated rings. The van der Waals surface area contributed by atoms with Crippen molar-refractivity contribution in [1.82, 2.24) is 4.98 Å². The van der Waals surface area contributed by atoms with E-state index in [-0.39, 0.29) is 0 Å². The van der Waals surface area contributed by atoms with E-state index in [4.69, 9.17) is 10.5 Å². The van der Waals surface area contributed by atoms with Crippen LogP contribution in [-0.4, -0.2) is 11.1 Å². The van der Waals surface area contributed by atoms with Crippen LogP contribution in [0, 0.1) is 17.8 Å². The first-order valence-corrected chi connectivity index (χ1v) is 6.94. The number of pyridine rings is 1. The van der Waals surface area contributed by atoms with Gasteiger partial charge in [-0.1, -0.05) is 27.2 Å². The largest absolute Gasteiger partial charge is 0.474 e. The summed E-state index contributed by atoms with van der Waals surface area (Å²) in [7, 11) is 0. The van der Waals surface area contributed by atoms with Crippen LogP contribution >= 0.6 is 0 Å². The fraction of sp³-hybridized carbons (Fsp3) is 0.667. The molecule has 0 spiro atoms. The molecule has 1 aliphatic carbocycles. The summed E-state index contributed by atoms with van der Waals surface area (Å²) < 4.78 is 6.09. The third-order valence-corrected chi connectivity index (χ3v) is 3.99. The SMILES string of the molecule is CC1CCC(C(C)C)C(Oc2ccc(N)cn2)C1. The second-order valence-corrected chi connectivity index (χ2v) is 5.91. The second kappa shape index (κ2) is 5.59. The predicted octanol–water partition coefficient (Wildman–Crippen LogP) is 3.50. The van der Waals surface area contributed by atoms with Gasteiger partial charge in [-0.2, -0.15) is 0 Å². The van der Waals surface area contributed by atoms with Gasteiger partial charge in [-0.25, -0.2) is 4.98 Å². The van der Waals surface area contributed by atoms with E-state index in [2.05, 4.69) is 25.8 Å². The molecule has 2 rings (SSSR count). The van der Waals surface area contributed by atoms with E-state index in [1.807, 2.05) is 12.1 Å². The molecule has 2 N–H and O–H groups in total. The molecule has 3 heteroatoms. The van der Waals surface area contributed by atoms with Gasteiger partial charge >= 0.3 is 0 Å². The zero-order chi connectivity index (χ0) is 13.1. The van der Waals surface area contributed by atoms with Gasteiger partial charge in [0.1, 0.15) is 6.10 Å². The lowest BCUT2D eigenvalue weighted by atomic mass is 9.75. The van der Waals surface area contributed by atoms with Crippen molar-refractivity contribution in [3.8, 4) is 5.88 Å². The molecule has 3 unspecified atom stereocenters. The van der Waals surface area contributed by atoms with Crippen LogP contribution in [-0.2, 0) is 0 Å². The average Bonchev–Trinajstić information content (AvgIpc) is 2.32. The van der Waals surface area contributed by atoms with E-state index in [1.165, 1.54) is 12.8 Å². The highest BCUT2D eigenvalue weighted by Crippen LogP contribution is 2.35. The molecular weight excluding hydrogens is 224 g/mol. The van der Waals surface area contributed by atoms with E-state index < -0.39 is 0 Å². The molecule has 1 saturated carbocycles. The van der Waals surface area contributed by atoms with Crippen LogP contribution in [0.2, 0.25) is 0 Å². The van der Waals surface area contributed by atoms with Crippen LogP contribution in [0.25, 0.3) is 0 Å². The topological polar surface area (TPSA) is 48.1 Å². The van der Waals surface area contributed by atoms with Gasteiger partial charge in [-0.3, -0.25) is 0 Å². The lowest BCUT2D eigenvalue weighted by molar-refractivity contribution is 0.0427. The van der Waals surface area contributed by atoms with Crippen molar-refractivity contribution in [2.45, 2.75) is 46.1 Å². The summed E-state index contributed by atoms with van der Waals surface area (Å²) in [5.74, 6) is 2.75. The van der Waals surface area contributed by atoms with Crippen molar-refractivity contribution in [3.63, 3.8) is 0 Å². The van der Waals surface area contributed by atoms with E-state index in [9.17, 15) is 0 Å². The maximum absolute atomic E-state index is 6.09. The van der Waals surface area contributed by atoms with Gasteiger partial charge in [0.25, 0.3) is 0 Å². The summed E-state index contributed by atoms with van der Waals surface area (Å²) in [6, 6.07) is 3.71. The van der Waals surface area contributed by atoms with E-state index in [0.717, 1.165) is 12.3 Å². The minimum absolute atomic E-state index is 0.296. The molecule has 0 aliphatic heterocycles. The summed E-state index contributed by atoms with van der Waals surface area (Å²) in [5.41, 5.74) is 6.32. The molecule has 3 atom stereocenters. The first kappa shape index (κ1) is 13.2. The minimum atomic E-state index is 0.296. The van der Waals surface area contributed by atoms with Crippen LogP contribution in [0.4, 0.5) is 5.69 Å². The number of ether oxygens (including phenoxy) is 1. The Labute approximate surface area is 110 Å². The van der Waals surface area contributed by atoms with Gasteiger partial charge in [-0.15, -0.1) is 0 Å². The number of nitrogen functional groups attached to an aromatic ring is 1. The van der Waals surface area contributed by atoms with Crippen LogP contribution in [0.3, 0.4) is 0 Å². The normalized spacial score (nSPS) is 28.3. The van der Waals surface area contributed by atoms with Crippen molar-refractivity contribution >= 4 is 5.69 Å². The first-order valence-electron chi connectivity index (χ1n) is 6.94. The number of aromatic nitrogens is 1. The Morgan fingerprint density at radius 1 is 1.33 bits per heavy atom. The Morgan fingerprint density at radius 3 is 2.72 bits per heavy atom. The Balaban J connectivity index is 2.06. The second-order valence-electron chi connectivity index (χ2n) is 5.91. The molecule has 0 bridgehead atoms. The Hall–Kier alpha value is -1.25. The predicted molar refractivity (Wildman–Crippen MR) is 74.4 cm³/mol. The number of nitrogens with two attached hydrogens (primary N) is 1. The Kier molecular flexibility index (Phi) is 4.10. The Bertz CT molecular complexity index is 375. The van der Waals surface area contributed by atoms with Gasteiger partial charge in [0.15, 0.2) is 0 Å². The molecule has 1 aliphatic rings. The van der Waals surface area contributed by atoms with E-state index in [1.54, 1.807) is 6.20 Å². The number of nitrogens with zero attached hydrogens (tertiary/aromatic N) is 1. The van der Waals surface area contributed by atoms with Gasteiger partial charge in [0, 0.05) is 6.07 Å². The fourth-order valence-corrected chi connectivity index (χ4v) is 2.87. The molecule has 1 aromatic heterocycles. The maximum Gasteiger partial charge on any atom is 0.213 e. The highest BCUT2D eigenvalue weighted by Gasteiger charge is 2.32. The summed E-state index contributed by atoms with van der Waals surface area (Å²) in [6.45, 7) is 6.88. The number of anilines is 1. The van der Waals surface area contributed by atoms with Crippen molar-refractivity contribution in [1.29, 1.82) is 0 Å². The standard InChI is InChI=1S/C15H24N2O/c1-10(2)13-6-4-11(3)8-14(13)18-15-7-5-12(16)9-17-15/h5,7,9-11,13-14H,4,6,8,16H2,1-3H3. The van der Waals surface area contributed by atoms with Gasteiger partial charge in [-0.05, 0) is 36.7 Å². The third kappa shape index (κ3) is 3.15. The van der Waals surface area contributed by atoms with Gasteiger partial charge < -0.3 is 10.5 Å². The van der Waals surface area contributed by atoms with Crippen LogP contribution < -0.4 is 10.5 Å². The fourth-order valence-electron chi connectivity index (χ4n) is 2.87. The molecule has 0 saturated heterocycles. The van der Waals surface area contributed by atoms with E-state index >= 15 is 0 Å². The van der Waals surface area contributed by atoms with Crippen molar-refractivity contribution in [3.05, 3.63) is 18.3 Å². The molecule has 1 heterocycles. The lowest BCUT2D eigenvalue weighted by Gasteiger charge is -2.37. The Morgan fingerprint density at radius 2 is 2.11 bits per heavy atom. The maximum atomic E-state index is 6.09. The number of rotatable bonds is 3. The molecule has 3 nitrogen and oxygen atoms in total. The molecule has 100 valence electrons. The zero-order valence-electron chi connectivity index (χ0n) is 11.6. The lowest BCUT2D eigenvalue weighted by Crippen LogP contribution is -2.36. The van der Waals surface area contributed by atoms with Crippen molar-refractivity contribution < 1.29 is 4.74 Å². The first-order chi connectivity index (χ1) is 8.56. The average molecular weight is 248 g/mol. The van der Waals surface area contributed by atoms with Crippen molar-refractivity contribution in [2.24, 2.45) is 17.8 Å². The van der Waals surface area contributed by atoms with Crippen molar-refractivity contribution in [2.75, 3.05) is 5.73 Å². The summed E-state index contributed by atoms with van der Waals surface area (Å²) in [6.07, 6.45) is 5.67. The third-order valence-electron chi connectivity index (χ3n) is 3.99. The summed E-state index contributed by atoms with van der Waals surface area (Å²) in [4.78, 5) is 4.24. The molecule has 18 heavy (non-hydrogen) atoms. The smallest absolute Gasteiger partial charge is 0.213 e. The number of hydrogen-bond acceptors (Lipinski definition) is 3. The van der Waals surface area contributed by atoms with Gasteiger partial charge in [0.05, 0.1) is 11.9 Å². The quantitative estimate of drug-likeness (QED) is 0.890. The van der Waals surface area contributed by atoms with E-state index in [0.29, 0.717) is 29.5 Å². The minimum Gasteiger partial charge on any atom is -0.474 e. The zero-order valence-corrected chi connectivity index (χ0v) is 11.6. The number of hydrogen-bond donors (Lipinski definition) is 1. The van der Waals surface area contributed by atoms with Crippen LogP contribution in [0.5, 0.6) is 5.88 Å². The summed E-state index contributed by atoms with van der Waals surface area (Å²) in [5, 5.41) is 0. The monoisotopic (exact) mass is 248 g/mol. The molecule has 0 amide bonds. The molecular formula is C15H24N2O. The molecule has 0 radical (unpaired) electrons. The highest BCUT2D eigenvalue weighted by atomic mass is 16.5. The van der Waals surface area contributed by atoms with Crippen LogP contribution in [0.15, 0.2) is 18.3 Å². The molecule has 1 aromatic rings. The van der Waals surface area contributed by atoms with Crippen LogP contribution in [0.1, 0.15) is 40.0 Å². The highest BCUT2D eigenvalue weighted by molar-refractivity contribution is 5.36.